The van der Waals surface area contributed by atoms with Crippen LogP contribution in [0.2, 0.25) is 0 Å². The average molecular weight is 298 g/mol. The number of sulfonamides is 1. The highest BCUT2D eigenvalue weighted by Crippen LogP contribution is 2.20. The van der Waals surface area contributed by atoms with Crippen LogP contribution in [0.5, 0.6) is 0 Å². The number of primary sulfonamides is 1. The lowest BCUT2D eigenvalue weighted by Gasteiger charge is -2.11. The highest BCUT2D eigenvalue weighted by molar-refractivity contribution is 7.89. The molecule has 0 spiro atoms. The summed E-state index contributed by atoms with van der Waals surface area (Å²) in [7, 11) is -3.89. The van der Waals surface area contributed by atoms with Gasteiger partial charge in [-0.15, -0.1) is 0 Å². The lowest BCUT2D eigenvalue weighted by molar-refractivity contribution is 0.587. The zero-order valence-electron chi connectivity index (χ0n) is 10.3. The van der Waals surface area contributed by atoms with E-state index in [1.165, 1.54) is 18.2 Å². The molecular formula is C13H12F2N2O2S. The first-order valence-electron chi connectivity index (χ1n) is 5.67. The normalized spacial score (nSPS) is 11.3. The lowest BCUT2D eigenvalue weighted by atomic mass is 10.2. The van der Waals surface area contributed by atoms with Gasteiger partial charge in [-0.2, -0.15) is 0 Å². The Morgan fingerprint density at radius 3 is 2.50 bits per heavy atom. The van der Waals surface area contributed by atoms with Gasteiger partial charge in [-0.3, -0.25) is 0 Å². The van der Waals surface area contributed by atoms with E-state index in [9.17, 15) is 17.2 Å². The number of para-hydroxylation sites is 1. The predicted molar refractivity (Wildman–Crippen MR) is 71.5 cm³/mol. The Hall–Kier alpha value is -1.99. The molecule has 0 heterocycles. The summed E-state index contributed by atoms with van der Waals surface area (Å²) in [5.74, 6) is -1.14. The van der Waals surface area contributed by atoms with Crippen LogP contribution in [-0.2, 0) is 16.6 Å². The molecule has 106 valence electrons. The Kier molecular flexibility index (Phi) is 4.01. The lowest BCUT2D eigenvalue weighted by Crippen LogP contribution is -2.15. The Bertz CT molecular complexity index is 733. The molecule has 0 saturated heterocycles. The molecule has 0 aliphatic carbocycles. The van der Waals surface area contributed by atoms with Gasteiger partial charge in [0.05, 0.1) is 5.69 Å². The molecule has 0 unspecified atom stereocenters. The third-order valence-corrected chi connectivity index (χ3v) is 3.64. The number of hydrogen-bond donors (Lipinski definition) is 2. The van der Waals surface area contributed by atoms with Crippen molar-refractivity contribution >= 4 is 15.7 Å². The summed E-state index contributed by atoms with van der Waals surface area (Å²) < 4.78 is 49.3. The van der Waals surface area contributed by atoms with E-state index >= 15 is 0 Å². The summed E-state index contributed by atoms with van der Waals surface area (Å²) in [6.07, 6.45) is 0. The SMILES string of the molecule is NS(=O)(=O)c1ccccc1NCc1cc(F)ccc1F. The molecule has 2 aromatic carbocycles. The second-order valence-electron chi connectivity index (χ2n) is 4.13. The van der Waals surface area contributed by atoms with Gasteiger partial charge in [-0.1, -0.05) is 12.1 Å². The molecule has 7 heteroatoms. The van der Waals surface area contributed by atoms with E-state index < -0.39 is 21.7 Å². The minimum Gasteiger partial charge on any atom is -0.380 e. The average Bonchev–Trinajstić information content (AvgIpc) is 2.39. The van der Waals surface area contributed by atoms with Crippen LogP contribution >= 0.6 is 0 Å². The number of hydrogen-bond acceptors (Lipinski definition) is 3. The molecule has 4 nitrogen and oxygen atoms in total. The van der Waals surface area contributed by atoms with E-state index in [-0.39, 0.29) is 22.7 Å². The van der Waals surface area contributed by atoms with Gasteiger partial charge in [-0.25, -0.2) is 22.3 Å². The van der Waals surface area contributed by atoms with Crippen molar-refractivity contribution < 1.29 is 17.2 Å². The summed E-state index contributed by atoms with van der Waals surface area (Å²) in [4.78, 5) is -0.100. The Morgan fingerprint density at radius 1 is 1.10 bits per heavy atom. The maximum atomic E-state index is 13.5. The Labute approximate surface area is 115 Å². The standard InChI is InChI=1S/C13H12F2N2O2S/c14-10-5-6-11(15)9(7-10)8-17-12-3-1-2-4-13(12)20(16,18)19/h1-7,17H,8H2,(H2,16,18,19). The summed E-state index contributed by atoms with van der Waals surface area (Å²) in [5.41, 5.74) is 0.327. The van der Waals surface area contributed by atoms with Crippen LogP contribution in [0.25, 0.3) is 0 Å². The molecule has 0 atom stereocenters. The minimum absolute atomic E-state index is 0.0594. The van der Waals surface area contributed by atoms with Gasteiger partial charge in [0.1, 0.15) is 16.5 Å². The highest BCUT2D eigenvalue weighted by atomic mass is 32.2. The highest BCUT2D eigenvalue weighted by Gasteiger charge is 2.13. The van der Waals surface area contributed by atoms with Crippen molar-refractivity contribution in [3.63, 3.8) is 0 Å². The fourth-order valence-corrected chi connectivity index (χ4v) is 2.45. The molecule has 0 aromatic heterocycles. The van der Waals surface area contributed by atoms with E-state index in [1.54, 1.807) is 6.07 Å². The molecule has 3 N–H and O–H groups in total. The molecular weight excluding hydrogens is 286 g/mol. The number of anilines is 1. The van der Waals surface area contributed by atoms with E-state index in [1.807, 2.05) is 0 Å². The smallest absolute Gasteiger partial charge is 0.240 e. The predicted octanol–water partition coefficient (Wildman–Crippen LogP) is 2.22. The fraction of sp³-hybridized carbons (Fsp3) is 0.0769. The monoisotopic (exact) mass is 298 g/mol. The van der Waals surface area contributed by atoms with Gasteiger partial charge in [0.2, 0.25) is 10.0 Å². The van der Waals surface area contributed by atoms with Crippen molar-refractivity contribution in [3.05, 3.63) is 59.7 Å². The molecule has 20 heavy (non-hydrogen) atoms. The summed E-state index contributed by atoms with van der Waals surface area (Å²) >= 11 is 0. The number of halogens is 2. The van der Waals surface area contributed by atoms with Gasteiger partial charge in [-0.05, 0) is 30.3 Å². The van der Waals surface area contributed by atoms with Gasteiger partial charge in [0.25, 0.3) is 0 Å². The summed E-state index contributed by atoms with van der Waals surface area (Å²) in [6, 6.07) is 9.03. The molecule has 0 saturated carbocycles. The van der Waals surface area contributed by atoms with Crippen LogP contribution in [-0.4, -0.2) is 8.42 Å². The quantitative estimate of drug-likeness (QED) is 0.909. The third-order valence-electron chi connectivity index (χ3n) is 2.67. The van der Waals surface area contributed by atoms with Crippen LogP contribution in [0.1, 0.15) is 5.56 Å². The molecule has 0 radical (unpaired) electrons. The van der Waals surface area contributed by atoms with Gasteiger partial charge < -0.3 is 5.32 Å². The molecule has 0 bridgehead atoms. The van der Waals surface area contributed by atoms with Crippen molar-refractivity contribution in [1.82, 2.24) is 0 Å². The van der Waals surface area contributed by atoms with E-state index in [0.29, 0.717) is 0 Å². The third kappa shape index (κ3) is 3.31. The van der Waals surface area contributed by atoms with Crippen LogP contribution in [0.15, 0.2) is 47.4 Å². The number of nitrogens with two attached hydrogens (primary N) is 1. The van der Waals surface area contributed by atoms with Crippen LogP contribution in [0, 0.1) is 11.6 Å². The largest absolute Gasteiger partial charge is 0.380 e. The van der Waals surface area contributed by atoms with Gasteiger partial charge >= 0.3 is 0 Å². The number of nitrogens with one attached hydrogen (secondary N) is 1. The second-order valence-corrected chi connectivity index (χ2v) is 5.66. The van der Waals surface area contributed by atoms with Crippen molar-refractivity contribution in [2.75, 3.05) is 5.32 Å². The topological polar surface area (TPSA) is 72.2 Å². The number of benzene rings is 2. The van der Waals surface area contributed by atoms with Gasteiger partial charge in [0.15, 0.2) is 0 Å². The summed E-state index contributed by atoms with van der Waals surface area (Å²) in [5, 5.41) is 7.82. The maximum Gasteiger partial charge on any atom is 0.240 e. The molecule has 0 aliphatic rings. The minimum atomic E-state index is -3.89. The van der Waals surface area contributed by atoms with E-state index in [0.717, 1.165) is 18.2 Å². The first kappa shape index (κ1) is 14.4. The molecule has 0 amide bonds. The van der Waals surface area contributed by atoms with Crippen LogP contribution in [0.4, 0.5) is 14.5 Å². The van der Waals surface area contributed by atoms with Crippen LogP contribution in [0.3, 0.4) is 0 Å². The first-order chi connectivity index (χ1) is 9.38. The van der Waals surface area contributed by atoms with E-state index in [4.69, 9.17) is 5.14 Å². The Balaban J connectivity index is 2.26. The molecule has 2 aromatic rings. The number of rotatable bonds is 4. The second kappa shape index (κ2) is 5.56. The van der Waals surface area contributed by atoms with Crippen molar-refractivity contribution in [2.24, 2.45) is 5.14 Å². The zero-order valence-corrected chi connectivity index (χ0v) is 11.1. The Morgan fingerprint density at radius 2 is 1.80 bits per heavy atom. The van der Waals surface area contributed by atoms with Crippen molar-refractivity contribution in [1.29, 1.82) is 0 Å². The molecule has 0 fully saturated rings. The summed E-state index contributed by atoms with van der Waals surface area (Å²) in [6.45, 7) is -0.0594. The maximum absolute atomic E-state index is 13.5. The van der Waals surface area contributed by atoms with Crippen LogP contribution < -0.4 is 10.5 Å². The fourth-order valence-electron chi connectivity index (χ4n) is 1.73. The zero-order chi connectivity index (χ0) is 14.8. The first-order valence-corrected chi connectivity index (χ1v) is 7.22. The van der Waals surface area contributed by atoms with E-state index in [2.05, 4.69) is 5.32 Å². The van der Waals surface area contributed by atoms with Crippen molar-refractivity contribution in [2.45, 2.75) is 11.4 Å². The molecule has 2 rings (SSSR count). The van der Waals surface area contributed by atoms with Crippen molar-refractivity contribution in [3.8, 4) is 0 Å². The molecule has 0 aliphatic heterocycles. The van der Waals surface area contributed by atoms with Gasteiger partial charge in [0, 0.05) is 12.1 Å².